The van der Waals surface area contributed by atoms with Gasteiger partial charge in [0.1, 0.15) is 12.2 Å². The first-order valence-corrected chi connectivity index (χ1v) is 7.77. The lowest BCUT2D eigenvalue weighted by Gasteiger charge is -2.60. The number of ketones is 5. The predicted molar refractivity (Wildman–Crippen MR) is 84.1 cm³/mol. The summed E-state index contributed by atoms with van der Waals surface area (Å²) in [6.45, 7) is 3.15. The van der Waals surface area contributed by atoms with Gasteiger partial charge in [-0.3, -0.25) is 24.0 Å². The molecule has 1 saturated heterocycles. The highest BCUT2D eigenvalue weighted by atomic mass is 16.7. The van der Waals surface area contributed by atoms with Gasteiger partial charge < -0.3 is 30.3 Å². The number of carbonyl (C=O) groups excluding carboxylic acids is 5. The summed E-state index contributed by atoms with van der Waals surface area (Å²) in [6, 6.07) is 0. The summed E-state index contributed by atoms with van der Waals surface area (Å²) in [4.78, 5) is 60.3. The summed E-state index contributed by atoms with van der Waals surface area (Å²) in [6.07, 6.45) is -5.00. The first kappa shape index (κ1) is 23.1. The van der Waals surface area contributed by atoms with Crippen LogP contribution in [0.5, 0.6) is 0 Å². The zero-order valence-electron chi connectivity index (χ0n) is 15.3. The van der Waals surface area contributed by atoms with Crippen LogP contribution in [0.15, 0.2) is 0 Å². The highest BCUT2D eigenvalue weighted by Crippen LogP contribution is 2.51. The SMILES string of the molecule is CC(=O)[C@@H](O)[C@H]1O[C@@](O)(C(C)=O)[C@@](O)(C(C)=O)[C@](O)(C(C)=O)[C@@]1(O)C(C)=O. The molecule has 0 aromatic carbocycles. The average molecular weight is 390 g/mol. The van der Waals surface area contributed by atoms with Crippen molar-refractivity contribution in [3.8, 4) is 0 Å². The van der Waals surface area contributed by atoms with Crippen LogP contribution < -0.4 is 0 Å². The molecule has 11 nitrogen and oxygen atoms in total. The Kier molecular flexibility index (Phi) is 5.67. The molecule has 5 N–H and O–H groups in total. The number of hydrogen-bond acceptors (Lipinski definition) is 11. The van der Waals surface area contributed by atoms with Gasteiger partial charge in [0.05, 0.1) is 0 Å². The second-order valence-corrected chi connectivity index (χ2v) is 6.65. The van der Waals surface area contributed by atoms with Gasteiger partial charge in [0.15, 0.2) is 34.5 Å². The maximum atomic E-state index is 12.3. The van der Waals surface area contributed by atoms with E-state index in [9.17, 15) is 49.5 Å². The van der Waals surface area contributed by atoms with Gasteiger partial charge in [-0.2, -0.15) is 0 Å². The van der Waals surface area contributed by atoms with Crippen molar-refractivity contribution in [1.29, 1.82) is 0 Å². The molecular formula is C16H22O11. The van der Waals surface area contributed by atoms with Crippen LogP contribution in [0.4, 0.5) is 0 Å². The smallest absolute Gasteiger partial charge is 0.267 e. The molecule has 0 aliphatic carbocycles. The molecule has 0 saturated carbocycles. The third-order valence-electron chi connectivity index (χ3n) is 5.01. The van der Waals surface area contributed by atoms with Gasteiger partial charge in [0.2, 0.25) is 11.2 Å². The lowest BCUT2D eigenvalue weighted by atomic mass is 9.57. The number of rotatable bonds is 6. The van der Waals surface area contributed by atoms with Crippen molar-refractivity contribution in [2.45, 2.75) is 69.4 Å². The van der Waals surface area contributed by atoms with E-state index in [0.717, 1.165) is 6.92 Å². The van der Waals surface area contributed by atoms with E-state index in [1.54, 1.807) is 0 Å². The molecule has 1 fully saturated rings. The molecule has 0 bridgehead atoms. The molecule has 0 aromatic rings. The lowest BCUT2D eigenvalue weighted by molar-refractivity contribution is -0.394. The molecule has 27 heavy (non-hydrogen) atoms. The fourth-order valence-corrected chi connectivity index (χ4v) is 3.40. The Morgan fingerprint density at radius 3 is 1.41 bits per heavy atom. The second-order valence-electron chi connectivity index (χ2n) is 6.65. The van der Waals surface area contributed by atoms with Crippen molar-refractivity contribution in [1.82, 2.24) is 0 Å². The molecule has 1 heterocycles. The van der Waals surface area contributed by atoms with E-state index >= 15 is 0 Å². The normalized spacial score (nSPS) is 40.1. The van der Waals surface area contributed by atoms with Crippen LogP contribution in [0.1, 0.15) is 34.6 Å². The molecule has 1 rings (SSSR count). The monoisotopic (exact) mass is 390 g/mol. The standard InChI is InChI=1S/C16H22O11/c1-6(17)11(22)12-13(23,7(2)18)14(24,8(3)19)15(25,9(4)20)16(26,27-12)10(5)21/h11-12,22-26H,1-5H3/t11-,12-,13-,14+,15-,16+/m1/s1. The van der Waals surface area contributed by atoms with Gasteiger partial charge >= 0.3 is 0 Å². The zero-order valence-corrected chi connectivity index (χ0v) is 15.3. The summed E-state index contributed by atoms with van der Waals surface area (Å²) in [5.74, 6) is -11.0. The summed E-state index contributed by atoms with van der Waals surface area (Å²) < 4.78 is 4.84. The summed E-state index contributed by atoms with van der Waals surface area (Å²) in [5.41, 5.74) is -11.3. The molecule has 0 radical (unpaired) electrons. The quantitative estimate of drug-likeness (QED) is 0.303. The van der Waals surface area contributed by atoms with E-state index in [1.807, 2.05) is 0 Å². The van der Waals surface area contributed by atoms with Gasteiger partial charge in [-0.15, -0.1) is 0 Å². The molecular weight excluding hydrogens is 368 g/mol. The molecule has 1 aliphatic rings. The number of carbonyl (C=O) groups is 5. The topological polar surface area (TPSA) is 196 Å². The highest BCUT2D eigenvalue weighted by molar-refractivity contribution is 6.09. The maximum absolute atomic E-state index is 12.3. The minimum absolute atomic E-state index is 0.560. The third-order valence-corrected chi connectivity index (χ3v) is 5.01. The van der Waals surface area contributed by atoms with Gasteiger partial charge in [-0.25, -0.2) is 0 Å². The van der Waals surface area contributed by atoms with E-state index in [1.165, 1.54) is 0 Å². The Labute approximate surface area is 153 Å². The summed E-state index contributed by atoms with van der Waals surface area (Å²) in [7, 11) is 0. The summed E-state index contributed by atoms with van der Waals surface area (Å²) >= 11 is 0. The van der Waals surface area contributed by atoms with Gasteiger partial charge in [-0.05, 0) is 27.7 Å². The van der Waals surface area contributed by atoms with Crippen LogP contribution in [-0.4, -0.2) is 89.2 Å². The van der Waals surface area contributed by atoms with Crippen LogP contribution in [0.3, 0.4) is 0 Å². The minimum Gasteiger partial charge on any atom is -0.382 e. The number of hydrogen-bond donors (Lipinski definition) is 5. The average Bonchev–Trinajstić information content (AvgIpc) is 2.54. The van der Waals surface area contributed by atoms with Crippen LogP contribution in [0, 0.1) is 0 Å². The molecule has 11 heteroatoms. The highest BCUT2D eigenvalue weighted by Gasteiger charge is 2.84. The zero-order chi connectivity index (χ0) is 21.7. The van der Waals surface area contributed by atoms with Crippen molar-refractivity contribution in [2.75, 3.05) is 0 Å². The number of aliphatic hydroxyl groups is 5. The predicted octanol–water partition coefficient (Wildman–Crippen LogP) is -3.43. The fraction of sp³-hybridized carbons (Fsp3) is 0.688. The Bertz CT molecular complexity index is 730. The van der Waals surface area contributed by atoms with Crippen molar-refractivity contribution in [3.63, 3.8) is 0 Å². The van der Waals surface area contributed by atoms with E-state index in [2.05, 4.69) is 0 Å². The Balaban J connectivity index is 4.15. The van der Waals surface area contributed by atoms with Crippen molar-refractivity contribution in [2.24, 2.45) is 0 Å². The number of aliphatic hydroxyl groups excluding tert-OH is 1. The molecule has 0 amide bonds. The second kappa shape index (κ2) is 6.62. The Morgan fingerprint density at radius 1 is 0.741 bits per heavy atom. The van der Waals surface area contributed by atoms with Gasteiger partial charge in [-0.1, -0.05) is 0 Å². The van der Waals surface area contributed by atoms with Gasteiger partial charge in [0, 0.05) is 6.92 Å². The largest absolute Gasteiger partial charge is 0.382 e. The van der Waals surface area contributed by atoms with Crippen LogP contribution in [0.25, 0.3) is 0 Å². The first-order valence-electron chi connectivity index (χ1n) is 7.77. The molecule has 0 unspecified atom stereocenters. The van der Waals surface area contributed by atoms with E-state index in [4.69, 9.17) is 4.74 Å². The van der Waals surface area contributed by atoms with Crippen molar-refractivity contribution >= 4 is 28.9 Å². The Hall–Kier alpha value is -1.89. The minimum atomic E-state index is -3.85. The van der Waals surface area contributed by atoms with Crippen molar-refractivity contribution < 1.29 is 54.2 Å². The third kappa shape index (κ3) is 2.54. The van der Waals surface area contributed by atoms with E-state index in [0.29, 0.717) is 27.7 Å². The van der Waals surface area contributed by atoms with E-state index in [-0.39, 0.29) is 0 Å². The van der Waals surface area contributed by atoms with Gasteiger partial charge in [0.25, 0.3) is 5.79 Å². The van der Waals surface area contributed by atoms with Crippen LogP contribution in [-0.2, 0) is 28.7 Å². The molecule has 0 aromatic heterocycles. The number of ether oxygens (including phenoxy) is 1. The summed E-state index contributed by atoms with van der Waals surface area (Å²) in [5, 5.41) is 53.5. The number of Topliss-reactive ketones (excluding diaryl/α,β-unsaturated/α-hetero) is 5. The maximum Gasteiger partial charge on any atom is 0.267 e. The Morgan fingerprint density at radius 2 is 1.15 bits per heavy atom. The van der Waals surface area contributed by atoms with Crippen LogP contribution in [0.2, 0.25) is 0 Å². The molecule has 1 aliphatic heterocycles. The van der Waals surface area contributed by atoms with Crippen LogP contribution >= 0.6 is 0 Å². The van der Waals surface area contributed by atoms with Crippen molar-refractivity contribution in [3.05, 3.63) is 0 Å². The first-order chi connectivity index (χ1) is 12.0. The molecule has 0 spiro atoms. The fourth-order valence-electron chi connectivity index (χ4n) is 3.40. The molecule has 6 atom stereocenters. The lowest BCUT2D eigenvalue weighted by Crippen LogP contribution is -2.91. The molecule has 152 valence electrons. The van der Waals surface area contributed by atoms with E-state index < -0.39 is 63.7 Å².